The molecule has 1 aliphatic rings. The van der Waals surface area contributed by atoms with Crippen molar-refractivity contribution in [2.45, 2.75) is 25.1 Å². The van der Waals surface area contributed by atoms with Crippen molar-refractivity contribution in [3.05, 3.63) is 0 Å². The molecule has 1 fully saturated rings. The predicted octanol–water partition coefficient (Wildman–Crippen LogP) is 1.50. The summed E-state index contributed by atoms with van der Waals surface area (Å²) in [6.45, 7) is 4.10. The van der Waals surface area contributed by atoms with E-state index in [2.05, 4.69) is 0 Å². The Morgan fingerprint density at radius 3 is 3.00 bits per heavy atom. The quantitative estimate of drug-likeness (QED) is 0.674. The minimum atomic E-state index is -0.406. The molecule has 0 aliphatic carbocycles. The summed E-state index contributed by atoms with van der Waals surface area (Å²) in [6, 6.07) is 0. The zero-order valence-electron chi connectivity index (χ0n) is 8.83. The first-order valence-electron chi connectivity index (χ1n) is 5.07. The number of nitrogens with zero attached hydrogens (tertiary/aromatic N) is 1. The van der Waals surface area contributed by atoms with Crippen LogP contribution in [0.2, 0.25) is 0 Å². The summed E-state index contributed by atoms with van der Waals surface area (Å²) in [7, 11) is 1.70. The van der Waals surface area contributed by atoms with Gasteiger partial charge in [0.25, 0.3) is 0 Å². The molecule has 82 valence electrons. The summed E-state index contributed by atoms with van der Waals surface area (Å²) in [5, 5.41) is -0.406. The number of alkyl halides is 1. The first-order valence-corrected chi connectivity index (χ1v) is 5.50. The topological polar surface area (TPSA) is 29.5 Å². The van der Waals surface area contributed by atoms with Gasteiger partial charge in [-0.25, -0.2) is 0 Å². The third-order valence-electron chi connectivity index (χ3n) is 2.57. The van der Waals surface area contributed by atoms with E-state index in [0.29, 0.717) is 5.92 Å². The summed E-state index contributed by atoms with van der Waals surface area (Å²) in [6.07, 6.45) is 2.21. The van der Waals surface area contributed by atoms with Gasteiger partial charge in [-0.1, -0.05) is 0 Å². The van der Waals surface area contributed by atoms with Crippen molar-refractivity contribution in [1.82, 2.24) is 4.90 Å². The molecule has 4 heteroatoms. The van der Waals surface area contributed by atoms with Gasteiger partial charge in [0.15, 0.2) is 0 Å². The van der Waals surface area contributed by atoms with Crippen LogP contribution in [0.4, 0.5) is 0 Å². The maximum Gasteiger partial charge on any atom is 0.240 e. The molecule has 14 heavy (non-hydrogen) atoms. The smallest absolute Gasteiger partial charge is 0.240 e. The van der Waals surface area contributed by atoms with Crippen LogP contribution in [-0.4, -0.2) is 43.0 Å². The third kappa shape index (κ3) is 3.14. The minimum Gasteiger partial charge on any atom is -0.384 e. The summed E-state index contributed by atoms with van der Waals surface area (Å²) >= 11 is 5.76. The molecule has 0 bridgehead atoms. The first kappa shape index (κ1) is 11.8. The number of hydrogen-bond acceptors (Lipinski definition) is 2. The Labute approximate surface area is 90.4 Å². The van der Waals surface area contributed by atoms with E-state index in [0.717, 1.165) is 32.5 Å². The molecular formula is C10H18ClNO2. The highest BCUT2D eigenvalue weighted by atomic mass is 35.5. The Hall–Kier alpha value is -0.280. The molecule has 0 saturated carbocycles. The van der Waals surface area contributed by atoms with E-state index in [4.69, 9.17) is 16.3 Å². The number of amides is 1. The van der Waals surface area contributed by atoms with E-state index in [1.54, 1.807) is 14.0 Å². The molecule has 0 spiro atoms. The van der Waals surface area contributed by atoms with Gasteiger partial charge < -0.3 is 9.64 Å². The van der Waals surface area contributed by atoms with Gasteiger partial charge in [0.05, 0.1) is 6.61 Å². The molecule has 0 radical (unpaired) electrons. The van der Waals surface area contributed by atoms with Crippen molar-refractivity contribution in [2.24, 2.45) is 5.92 Å². The molecule has 3 nitrogen and oxygen atoms in total. The maximum absolute atomic E-state index is 11.6. The molecule has 1 heterocycles. The third-order valence-corrected chi connectivity index (χ3v) is 2.76. The average molecular weight is 220 g/mol. The molecule has 1 aliphatic heterocycles. The lowest BCUT2D eigenvalue weighted by atomic mass is 9.99. The molecule has 0 aromatic carbocycles. The van der Waals surface area contributed by atoms with Crippen LogP contribution in [-0.2, 0) is 9.53 Å². The van der Waals surface area contributed by atoms with E-state index in [-0.39, 0.29) is 5.91 Å². The van der Waals surface area contributed by atoms with Crippen LogP contribution in [0, 0.1) is 5.92 Å². The fourth-order valence-electron chi connectivity index (χ4n) is 1.89. The lowest BCUT2D eigenvalue weighted by Crippen LogP contribution is -2.43. The summed E-state index contributed by atoms with van der Waals surface area (Å²) < 4.78 is 5.10. The van der Waals surface area contributed by atoms with Gasteiger partial charge in [-0.3, -0.25) is 4.79 Å². The highest BCUT2D eigenvalue weighted by Gasteiger charge is 2.25. The lowest BCUT2D eigenvalue weighted by Gasteiger charge is -2.33. The largest absolute Gasteiger partial charge is 0.384 e. The van der Waals surface area contributed by atoms with E-state index in [9.17, 15) is 4.79 Å². The Kier molecular flexibility index (Phi) is 4.69. The second-order valence-electron chi connectivity index (χ2n) is 3.86. The second-order valence-corrected chi connectivity index (χ2v) is 4.52. The molecule has 1 amide bonds. The monoisotopic (exact) mass is 219 g/mol. The van der Waals surface area contributed by atoms with Gasteiger partial charge in [-0.2, -0.15) is 0 Å². The van der Waals surface area contributed by atoms with Crippen LogP contribution in [0.15, 0.2) is 0 Å². The maximum atomic E-state index is 11.6. The lowest BCUT2D eigenvalue weighted by molar-refractivity contribution is -0.132. The van der Waals surface area contributed by atoms with Gasteiger partial charge in [0.1, 0.15) is 5.38 Å². The van der Waals surface area contributed by atoms with Crippen LogP contribution in [0.1, 0.15) is 19.8 Å². The van der Waals surface area contributed by atoms with E-state index in [1.807, 2.05) is 4.90 Å². The van der Waals surface area contributed by atoms with E-state index >= 15 is 0 Å². The van der Waals surface area contributed by atoms with Gasteiger partial charge in [0, 0.05) is 20.2 Å². The van der Waals surface area contributed by atoms with Crippen LogP contribution in [0.25, 0.3) is 0 Å². The molecule has 1 saturated heterocycles. The summed E-state index contributed by atoms with van der Waals surface area (Å²) in [5.41, 5.74) is 0. The Morgan fingerprint density at radius 2 is 2.43 bits per heavy atom. The van der Waals surface area contributed by atoms with Gasteiger partial charge in [0.2, 0.25) is 5.91 Å². The van der Waals surface area contributed by atoms with Crippen molar-refractivity contribution >= 4 is 17.5 Å². The van der Waals surface area contributed by atoms with Crippen LogP contribution in [0.3, 0.4) is 0 Å². The highest BCUT2D eigenvalue weighted by molar-refractivity contribution is 6.30. The van der Waals surface area contributed by atoms with Gasteiger partial charge in [-0.05, 0) is 25.7 Å². The highest BCUT2D eigenvalue weighted by Crippen LogP contribution is 2.18. The summed E-state index contributed by atoms with van der Waals surface area (Å²) in [4.78, 5) is 13.5. The number of likely N-dealkylation sites (tertiary alicyclic amines) is 1. The first-order chi connectivity index (χ1) is 6.65. The molecule has 2 unspecified atom stereocenters. The zero-order valence-corrected chi connectivity index (χ0v) is 9.59. The molecule has 0 N–H and O–H groups in total. The second kappa shape index (κ2) is 5.56. The zero-order chi connectivity index (χ0) is 10.6. The predicted molar refractivity (Wildman–Crippen MR) is 56.5 cm³/mol. The Morgan fingerprint density at radius 1 is 1.71 bits per heavy atom. The van der Waals surface area contributed by atoms with Crippen molar-refractivity contribution in [2.75, 3.05) is 26.8 Å². The number of halogens is 1. The SMILES string of the molecule is COCC1CCCN(C(=O)C(C)Cl)C1. The number of methoxy groups -OCH3 is 1. The van der Waals surface area contributed by atoms with E-state index < -0.39 is 5.38 Å². The van der Waals surface area contributed by atoms with Crippen LogP contribution in [0.5, 0.6) is 0 Å². The molecule has 1 rings (SSSR count). The number of ether oxygens (including phenoxy) is 1. The number of rotatable bonds is 3. The molecule has 0 aromatic heterocycles. The Balaban J connectivity index is 2.43. The minimum absolute atomic E-state index is 0.0486. The van der Waals surface area contributed by atoms with Crippen molar-refractivity contribution in [3.8, 4) is 0 Å². The fourth-order valence-corrected chi connectivity index (χ4v) is 2.03. The fraction of sp³-hybridized carbons (Fsp3) is 0.900. The summed E-state index contributed by atoms with van der Waals surface area (Å²) in [5.74, 6) is 0.528. The number of carbonyl (C=O) groups excluding carboxylic acids is 1. The molecule has 2 atom stereocenters. The molecule has 0 aromatic rings. The average Bonchev–Trinajstić information content (AvgIpc) is 2.17. The van der Waals surface area contributed by atoms with Crippen molar-refractivity contribution in [1.29, 1.82) is 0 Å². The van der Waals surface area contributed by atoms with Crippen molar-refractivity contribution < 1.29 is 9.53 Å². The number of carbonyl (C=O) groups is 1. The standard InChI is InChI=1S/C10H18ClNO2/c1-8(11)10(13)12-5-3-4-9(6-12)7-14-2/h8-9H,3-7H2,1-2H3. The van der Waals surface area contributed by atoms with Crippen molar-refractivity contribution in [3.63, 3.8) is 0 Å². The number of piperidine rings is 1. The normalized spacial score (nSPS) is 24.8. The Bertz CT molecular complexity index is 195. The van der Waals surface area contributed by atoms with Crippen LogP contribution >= 0.6 is 11.6 Å². The van der Waals surface area contributed by atoms with Crippen LogP contribution < -0.4 is 0 Å². The van der Waals surface area contributed by atoms with E-state index in [1.165, 1.54) is 0 Å². The molecular weight excluding hydrogens is 202 g/mol. The number of hydrogen-bond donors (Lipinski definition) is 0. The van der Waals surface area contributed by atoms with Gasteiger partial charge in [-0.15, -0.1) is 11.6 Å². The van der Waals surface area contributed by atoms with Gasteiger partial charge >= 0.3 is 0 Å².